The maximum absolute atomic E-state index is 11.5. The van der Waals surface area contributed by atoms with Gasteiger partial charge in [0.15, 0.2) is 9.84 Å². The zero-order chi connectivity index (χ0) is 13.3. The molecule has 2 rings (SSSR count). The molecular weight excluding hydrogens is 268 g/mol. The minimum Gasteiger partial charge on any atom is -0.326 e. The third kappa shape index (κ3) is 2.93. The highest BCUT2D eigenvalue weighted by Gasteiger charge is 2.31. The lowest BCUT2D eigenvalue weighted by atomic mass is 10.0. The van der Waals surface area contributed by atoms with Gasteiger partial charge in [0, 0.05) is 24.0 Å². The van der Waals surface area contributed by atoms with Gasteiger partial charge in [-0.3, -0.25) is 4.90 Å². The van der Waals surface area contributed by atoms with Crippen LogP contribution < -0.4 is 5.73 Å². The Hall–Kier alpha value is -0.430. The normalized spacial score (nSPS) is 23.7. The minimum absolute atomic E-state index is 0.00292. The molecule has 2 atom stereocenters. The molecule has 2 unspecified atom stereocenters. The lowest BCUT2D eigenvalue weighted by molar-refractivity contribution is 0.194. The molecule has 102 valence electrons. The van der Waals surface area contributed by atoms with Crippen molar-refractivity contribution >= 4 is 21.2 Å². The summed E-state index contributed by atoms with van der Waals surface area (Å²) in [4.78, 5) is 3.48. The van der Waals surface area contributed by atoms with Crippen molar-refractivity contribution in [3.63, 3.8) is 0 Å². The number of nitrogens with two attached hydrogens (primary N) is 1. The van der Waals surface area contributed by atoms with E-state index in [0.717, 1.165) is 0 Å². The van der Waals surface area contributed by atoms with Crippen molar-refractivity contribution in [1.82, 2.24) is 4.90 Å². The number of thiophene rings is 1. The first kappa shape index (κ1) is 14.0. The number of aryl methyl sites for hydroxylation is 1. The van der Waals surface area contributed by atoms with Gasteiger partial charge in [0.1, 0.15) is 0 Å². The molecule has 1 fully saturated rings. The van der Waals surface area contributed by atoms with E-state index in [0.29, 0.717) is 13.1 Å². The summed E-state index contributed by atoms with van der Waals surface area (Å²) in [6.07, 6.45) is 0. The topological polar surface area (TPSA) is 63.4 Å². The zero-order valence-electron chi connectivity index (χ0n) is 10.8. The van der Waals surface area contributed by atoms with E-state index in [1.165, 1.54) is 10.4 Å². The highest BCUT2D eigenvalue weighted by Crippen LogP contribution is 2.31. The fraction of sp³-hybridized carbons (Fsp3) is 0.667. The second-order valence-electron chi connectivity index (χ2n) is 4.96. The van der Waals surface area contributed by atoms with Crippen LogP contribution in [0.1, 0.15) is 23.4 Å². The van der Waals surface area contributed by atoms with Crippen molar-refractivity contribution < 1.29 is 8.42 Å². The van der Waals surface area contributed by atoms with Crippen molar-refractivity contribution in [2.24, 2.45) is 5.73 Å². The van der Waals surface area contributed by atoms with Crippen LogP contribution in [0.25, 0.3) is 0 Å². The molecule has 0 bridgehead atoms. The predicted octanol–water partition coefficient (Wildman–Crippen LogP) is 1.18. The Morgan fingerprint density at radius 2 is 2.00 bits per heavy atom. The second-order valence-corrected chi connectivity index (χ2v) is 8.21. The van der Waals surface area contributed by atoms with Crippen molar-refractivity contribution in [3.8, 4) is 0 Å². The lowest BCUT2D eigenvalue weighted by Crippen LogP contribution is -2.47. The average molecular weight is 288 g/mol. The van der Waals surface area contributed by atoms with E-state index >= 15 is 0 Å². The molecule has 1 aromatic heterocycles. The van der Waals surface area contributed by atoms with Crippen LogP contribution in [-0.4, -0.2) is 44.0 Å². The summed E-state index contributed by atoms with van der Waals surface area (Å²) < 4.78 is 23.0. The van der Waals surface area contributed by atoms with Gasteiger partial charge >= 0.3 is 0 Å². The molecule has 18 heavy (non-hydrogen) atoms. The summed E-state index contributed by atoms with van der Waals surface area (Å²) in [5.74, 6) is 0.501. The summed E-state index contributed by atoms with van der Waals surface area (Å²) >= 11 is 1.71. The number of hydrogen-bond acceptors (Lipinski definition) is 5. The summed E-state index contributed by atoms with van der Waals surface area (Å²) in [5, 5.41) is 2.07. The molecule has 0 spiro atoms. The number of rotatable bonds is 3. The van der Waals surface area contributed by atoms with Gasteiger partial charge in [-0.25, -0.2) is 8.42 Å². The molecule has 1 saturated heterocycles. The molecule has 4 nitrogen and oxygen atoms in total. The van der Waals surface area contributed by atoms with Gasteiger partial charge in [-0.15, -0.1) is 11.3 Å². The Bertz CT molecular complexity index is 494. The third-order valence-electron chi connectivity index (χ3n) is 3.44. The molecule has 2 N–H and O–H groups in total. The predicted molar refractivity (Wildman–Crippen MR) is 75.7 cm³/mol. The van der Waals surface area contributed by atoms with Gasteiger partial charge in [-0.1, -0.05) is 0 Å². The zero-order valence-corrected chi connectivity index (χ0v) is 12.4. The smallest absolute Gasteiger partial charge is 0.152 e. The molecule has 0 amide bonds. The van der Waals surface area contributed by atoms with Crippen molar-refractivity contribution in [3.05, 3.63) is 21.9 Å². The van der Waals surface area contributed by atoms with E-state index in [4.69, 9.17) is 5.73 Å². The monoisotopic (exact) mass is 288 g/mol. The van der Waals surface area contributed by atoms with Crippen molar-refractivity contribution in [2.75, 3.05) is 24.6 Å². The van der Waals surface area contributed by atoms with Gasteiger partial charge in [0.2, 0.25) is 0 Å². The van der Waals surface area contributed by atoms with Crippen LogP contribution in [0.4, 0.5) is 0 Å². The number of nitrogens with zero attached hydrogens (tertiary/aromatic N) is 1. The standard InChI is InChI=1S/C12H20N2O2S2/c1-9-3-6-17-12(9)11(10(2)13)14-4-7-18(15,16)8-5-14/h3,6,10-11H,4-5,7-8,13H2,1-2H3. The van der Waals surface area contributed by atoms with Crippen LogP contribution in [-0.2, 0) is 9.84 Å². The van der Waals surface area contributed by atoms with E-state index in [2.05, 4.69) is 23.3 Å². The van der Waals surface area contributed by atoms with Gasteiger partial charge < -0.3 is 5.73 Å². The van der Waals surface area contributed by atoms with Crippen LogP contribution in [0.2, 0.25) is 0 Å². The summed E-state index contributed by atoms with van der Waals surface area (Å²) in [5.41, 5.74) is 7.36. The fourth-order valence-corrected chi connectivity index (χ4v) is 4.83. The Labute approximate surface area is 113 Å². The molecular formula is C12H20N2O2S2. The van der Waals surface area contributed by atoms with Gasteiger partial charge in [0.25, 0.3) is 0 Å². The number of sulfone groups is 1. The second kappa shape index (κ2) is 5.28. The average Bonchev–Trinajstić information content (AvgIpc) is 2.67. The molecule has 0 radical (unpaired) electrons. The molecule has 1 aliphatic rings. The molecule has 0 aliphatic carbocycles. The van der Waals surface area contributed by atoms with Crippen LogP contribution in [0.15, 0.2) is 11.4 Å². The van der Waals surface area contributed by atoms with Gasteiger partial charge in [-0.05, 0) is 30.9 Å². The highest BCUT2D eigenvalue weighted by atomic mass is 32.2. The Morgan fingerprint density at radius 3 is 2.44 bits per heavy atom. The fourth-order valence-electron chi connectivity index (χ4n) is 2.43. The van der Waals surface area contributed by atoms with Gasteiger partial charge in [-0.2, -0.15) is 0 Å². The quantitative estimate of drug-likeness (QED) is 0.907. The molecule has 2 heterocycles. The first-order valence-corrected chi connectivity index (χ1v) is 8.85. The van der Waals surface area contributed by atoms with Crippen LogP contribution in [0, 0.1) is 6.92 Å². The van der Waals surface area contributed by atoms with E-state index in [1.54, 1.807) is 11.3 Å². The van der Waals surface area contributed by atoms with Crippen molar-refractivity contribution in [1.29, 1.82) is 0 Å². The minimum atomic E-state index is -2.83. The SMILES string of the molecule is Cc1ccsc1C(C(C)N)N1CCS(=O)(=O)CC1. The van der Waals surface area contributed by atoms with Crippen LogP contribution >= 0.6 is 11.3 Å². The van der Waals surface area contributed by atoms with E-state index in [1.807, 2.05) is 6.92 Å². The highest BCUT2D eigenvalue weighted by molar-refractivity contribution is 7.91. The maximum Gasteiger partial charge on any atom is 0.152 e. The van der Waals surface area contributed by atoms with Crippen LogP contribution in [0.5, 0.6) is 0 Å². The molecule has 0 saturated carbocycles. The molecule has 1 aromatic rings. The Balaban J connectivity index is 2.20. The van der Waals surface area contributed by atoms with E-state index in [9.17, 15) is 8.42 Å². The van der Waals surface area contributed by atoms with E-state index < -0.39 is 9.84 Å². The lowest BCUT2D eigenvalue weighted by Gasteiger charge is -2.36. The molecule has 1 aliphatic heterocycles. The summed E-state index contributed by atoms with van der Waals surface area (Å²) in [6, 6.07) is 2.24. The first-order chi connectivity index (χ1) is 8.41. The maximum atomic E-state index is 11.5. The molecule has 6 heteroatoms. The Kier molecular flexibility index (Phi) is 4.11. The summed E-state index contributed by atoms with van der Waals surface area (Å²) in [7, 11) is -2.83. The Morgan fingerprint density at radius 1 is 1.39 bits per heavy atom. The van der Waals surface area contributed by atoms with Gasteiger partial charge in [0.05, 0.1) is 17.5 Å². The summed E-state index contributed by atoms with van der Waals surface area (Å²) in [6.45, 7) is 5.26. The first-order valence-electron chi connectivity index (χ1n) is 6.15. The van der Waals surface area contributed by atoms with Crippen LogP contribution in [0.3, 0.4) is 0 Å². The third-order valence-corrected chi connectivity index (χ3v) is 6.14. The number of hydrogen-bond donors (Lipinski definition) is 1. The largest absolute Gasteiger partial charge is 0.326 e. The van der Waals surface area contributed by atoms with Crippen molar-refractivity contribution in [2.45, 2.75) is 25.9 Å². The van der Waals surface area contributed by atoms with E-state index in [-0.39, 0.29) is 23.6 Å². The molecule has 0 aromatic carbocycles.